The molecule has 1 N–H and O–H groups in total. The number of halogens is 1. The highest BCUT2D eigenvalue weighted by Gasteiger charge is 2.10. The van der Waals surface area contributed by atoms with E-state index in [0.717, 1.165) is 35.6 Å². The van der Waals surface area contributed by atoms with Crippen molar-refractivity contribution in [3.63, 3.8) is 0 Å². The predicted molar refractivity (Wildman–Crippen MR) is 71.2 cm³/mol. The van der Waals surface area contributed by atoms with Crippen LogP contribution in [0, 0.1) is 0 Å². The largest absolute Gasteiger partial charge is 0.486 e. The van der Waals surface area contributed by atoms with Crippen molar-refractivity contribution < 1.29 is 9.84 Å². The number of hydrogen-bond acceptors (Lipinski definition) is 4. The maximum atomic E-state index is 8.98. The van der Waals surface area contributed by atoms with Gasteiger partial charge in [-0.1, -0.05) is 6.92 Å². The van der Waals surface area contributed by atoms with Gasteiger partial charge in [-0.3, -0.25) is 4.90 Å². The summed E-state index contributed by atoms with van der Waals surface area (Å²) in [5, 5.41) is 9.89. The Morgan fingerprint density at radius 2 is 2.25 bits per heavy atom. The van der Waals surface area contributed by atoms with Gasteiger partial charge in [0.15, 0.2) is 5.06 Å². The SMILES string of the molecule is CCCN(CCO)Cc1cc(Br)c(OC)s1. The molecule has 0 aliphatic heterocycles. The molecular formula is C11H18BrNO2S. The monoisotopic (exact) mass is 307 g/mol. The van der Waals surface area contributed by atoms with Crippen LogP contribution in [-0.2, 0) is 6.54 Å². The minimum Gasteiger partial charge on any atom is -0.486 e. The molecule has 1 aromatic heterocycles. The zero-order chi connectivity index (χ0) is 12.0. The number of aliphatic hydroxyl groups excluding tert-OH is 1. The van der Waals surface area contributed by atoms with Crippen LogP contribution in [0.25, 0.3) is 0 Å². The molecule has 0 saturated heterocycles. The third kappa shape index (κ3) is 4.05. The second-order valence-electron chi connectivity index (χ2n) is 3.55. The summed E-state index contributed by atoms with van der Waals surface area (Å²) in [6, 6.07) is 2.09. The molecule has 16 heavy (non-hydrogen) atoms. The summed E-state index contributed by atoms with van der Waals surface area (Å²) in [5.41, 5.74) is 0. The van der Waals surface area contributed by atoms with Crippen molar-refractivity contribution in [2.45, 2.75) is 19.9 Å². The third-order valence-corrected chi connectivity index (χ3v) is 4.16. The fourth-order valence-electron chi connectivity index (χ4n) is 1.56. The predicted octanol–water partition coefficient (Wildman–Crippen LogP) is 2.72. The van der Waals surface area contributed by atoms with Crippen LogP contribution in [0.4, 0.5) is 0 Å². The van der Waals surface area contributed by atoms with Gasteiger partial charge in [0.2, 0.25) is 0 Å². The topological polar surface area (TPSA) is 32.7 Å². The lowest BCUT2D eigenvalue weighted by atomic mass is 10.3. The lowest BCUT2D eigenvalue weighted by molar-refractivity contribution is 0.191. The molecule has 1 rings (SSSR count). The molecule has 5 heteroatoms. The van der Waals surface area contributed by atoms with E-state index in [1.165, 1.54) is 4.88 Å². The molecule has 0 amide bonds. The number of methoxy groups -OCH3 is 1. The summed E-state index contributed by atoms with van der Waals surface area (Å²) in [4.78, 5) is 3.50. The van der Waals surface area contributed by atoms with Gasteiger partial charge in [-0.15, -0.1) is 11.3 Å². The van der Waals surface area contributed by atoms with E-state index in [1.807, 2.05) is 0 Å². The summed E-state index contributed by atoms with van der Waals surface area (Å²) < 4.78 is 6.24. The zero-order valence-electron chi connectivity index (χ0n) is 9.70. The Balaban J connectivity index is 2.61. The van der Waals surface area contributed by atoms with Gasteiger partial charge >= 0.3 is 0 Å². The van der Waals surface area contributed by atoms with Crippen LogP contribution in [0.5, 0.6) is 5.06 Å². The van der Waals surface area contributed by atoms with Crippen LogP contribution in [0.1, 0.15) is 18.2 Å². The normalized spacial score (nSPS) is 11.1. The first kappa shape index (κ1) is 14.0. The second kappa shape index (κ2) is 7.27. The number of nitrogens with zero attached hydrogens (tertiary/aromatic N) is 1. The minimum atomic E-state index is 0.212. The Kier molecular flexibility index (Phi) is 6.34. The van der Waals surface area contributed by atoms with E-state index in [9.17, 15) is 0 Å². The van der Waals surface area contributed by atoms with E-state index in [0.29, 0.717) is 0 Å². The molecule has 0 aromatic carbocycles. The summed E-state index contributed by atoms with van der Waals surface area (Å²) in [6.45, 7) is 4.98. The zero-order valence-corrected chi connectivity index (χ0v) is 12.1. The van der Waals surface area contributed by atoms with E-state index < -0.39 is 0 Å². The molecule has 0 bridgehead atoms. The van der Waals surface area contributed by atoms with Crippen LogP contribution in [-0.4, -0.2) is 36.8 Å². The average Bonchev–Trinajstić information content (AvgIpc) is 2.59. The molecule has 0 fully saturated rings. The fraction of sp³-hybridized carbons (Fsp3) is 0.636. The van der Waals surface area contributed by atoms with E-state index in [4.69, 9.17) is 9.84 Å². The van der Waals surface area contributed by atoms with Gasteiger partial charge in [0.25, 0.3) is 0 Å². The van der Waals surface area contributed by atoms with E-state index in [-0.39, 0.29) is 6.61 Å². The Bertz CT molecular complexity index is 311. The first-order valence-corrected chi connectivity index (χ1v) is 6.97. The lowest BCUT2D eigenvalue weighted by Crippen LogP contribution is -2.26. The van der Waals surface area contributed by atoms with Crippen LogP contribution < -0.4 is 4.74 Å². The van der Waals surface area contributed by atoms with Crippen LogP contribution in [0.3, 0.4) is 0 Å². The maximum absolute atomic E-state index is 8.98. The van der Waals surface area contributed by atoms with E-state index >= 15 is 0 Å². The molecule has 0 atom stereocenters. The number of ether oxygens (including phenoxy) is 1. The molecule has 0 unspecified atom stereocenters. The maximum Gasteiger partial charge on any atom is 0.188 e. The van der Waals surface area contributed by atoms with Gasteiger partial charge in [-0.05, 0) is 35.0 Å². The highest BCUT2D eigenvalue weighted by atomic mass is 79.9. The van der Waals surface area contributed by atoms with Crippen molar-refractivity contribution in [2.24, 2.45) is 0 Å². The Morgan fingerprint density at radius 3 is 2.75 bits per heavy atom. The van der Waals surface area contributed by atoms with Gasteiger partial charge in [0.05, 0.1) is 18.2 Å². The summed E-state index contributed by atoms with van der Waals surface area (Å²) in [7, 11) is 1.68. The molecule has 0 saturated carbocycles. The van der Waals surface area contributed by atoms with Crippen molar-refractivity contribution in [2.75, 3.05) is 26.8 Å². The highest BCUT2D eigenvalue weighted by Crippen LogP contribution is 2.35. The number of aliphatic hydroxyl groups is 1. The lowest BCUT2D eigenvalue weighted by Gasteiger charge is -2.19. The quantitative estimate of drug-likeness (QED) is 0.841. The van der Waals surface area contributed by atoms with Crippen molar-refractivity contribution in [3.05, 3.63) is 15.4 Å². The van der Waals surface area contributed by atoms with E-state index in [2.05, 4.69) is 33.8 Å². The van der Waals surface area contributed by atoms with Crippen molar-refractivity contribution in [1.29, 1.82) is 0 Å². The molecule has 0 aliphatic carbocycles. The van der Waals surface area contributed by atoms with Gasteiger partial charge in [-0.2, -0.15) is 0 Å². The number of thiophene rings is 1. The van der Waals surface area contributed by atoms with Crippen molar-refractivity contribution in [3.8, 4) is 5.06 Å². The molecule has 1 aromatic rings. The highest BCUT2D eigenvalue weighted by molar-refractivity contribution is 9.10. The Morgan fingerprint density at radius 1 is 1.50 bits per heavy atom. The first-order valence-electron chi connectivity index (χ1n) is 5.36. The first-order chi connectivity index (χ1) is 7.71. The molecule has 0 spiro atoms. The Hall–Kier alpha value is -0.100. The Labute approximate surface area is 109 Å². The number of hydrogen-bond donors (Lipinski definition) is 1. The van der Waals surface area contributed by atoms with Crippen LogP contribution in [0.15, 0.2) is 10.5 Å². The molecule has 92 valence electrons. The molecule has 1 heterocycles. The van der Waals surface area contributed by atoms with Gasteiger partial charge in [-0.25, -0.2) is 0 Å². The smallest absolute Gasteiger partial charge is 0.188 e. The van der Waals surface area contributed by atoms with Gasteiger partial charge in [0, 0.05) is 18.0 Å². The average molecular weight is 308 g/mol. The van der Waals surface area contributed by atoms with E-state index in [1.54, 1.807) is 18.4 Å². The second-order valence-corrected chi connectivity index (χ2v) is 5.51. The number of rotatable bonds is 7. The molecule has 0 aliphatic rings. The third-order valence-electron chi connectivity index (χ3n) is 2.23. The van der Waals surface area contributed by atoms with Crippen LogP contribution in [0.2, 0.25) is 0 Å². The summed E-state index contributed by atoms with van der Waals surface area (Å²) in [6.07, 6.45) is 1.10. The van der Waals surface area contributed by atoms with Crippen molar-refractivity contribution >= 4 is 27.3 Å². The minimum absolute atomic E-state index is 0.212. The van der Waals surface area contributed by atoms with Crippen LogP contribution >= 0.6 is 27.3 Å². The van der Waals surface area contributed by atoms with Gasteiger partial charge < -0.3 is 9.84 Å². The van der Waals surface area contributed by atoms with Crippen molar-refractivity contribution in [1.82, 2.24) is 4.90 Å². The van der Waals surface area contributed by atoms with Gasteiger partial charge in [0.1, 0.15) is 0 Å². The molecule has 0 radical (unpaired) electrons. The fourth-order valence-corrected chi connectivity index (χ4v) is 3.30. The summed E-state index contributed by atoms with van der Waals surface area (Å²) >= 11 is 5.11. The summed E-state index contributed by atoms with van der Waals surface area (Å²) in [5.74, 6) is 0. The molecular weight excluding hydrogens is 290 g/mol. The standard InChI is InChI=1S/C11H18BrNO2S/c1-3-4-13(5-6-14)8-9-7-10(12)11(15-2)16-9/h7,14H,3-6,8H2,1-2H3. The molecule has 3 nitrogen and oxygen atoms in total.